The molecule has 1 aromatic heterocycles. The van der Waals surface area contributed by atoms with Crippen LogP contribution in [-0.4, -0.2) is 22.8 Å². The van der Waals surface area contributed by atoms with Crippen molar-refractivity contribution in [3.63, 3.8) is 0 Å². The smallest absolute Gasteiger partial charge is 0.251 e. The van der Waals surface area contributed by atoms with Gasteiger partial charge in [-0.15, -0.1) is 11.3 Å². The predicted octanol–water partition coefficient (Wildman–Crippen LogP) is 5.47. The summed E-state index contributed by atoms with van der Waals surface area (Å²) in [5.74, 6) is 0.0926. The molecule has 0 spiro atoms. The molecule has 6 nitrogen and oxygen atoms in total. The third-order valence-corrected chi connectivity index (χ3v) is 5.40. The summed E-state index contributed by atoms with van der Waals surface area (Å²) in [5.41, 5.74) is 2.48. The first-order valence-corrected chi connectivity index (χ1v) is 11.3. The van der Waals surface area contributed by atoms with Gasteiger partial charge in [0.2, 0.25) is 5.91 Å². The van der Waals surface area contributed by atoms with Gasteiger partial charge < -0.3 is 15.4 Å². The second-order valence-corrected chi connectivity index (χ2v) is 8.83. The molecule has 3 aromatic rings. The van der Waals surface area contributed by atoms with Gasteiger partial charge in [-0.1, -0.05) is 23.7 Å². The first-order valence-electron chi connectivity index (χ1n) is 10.0. The zero-order valence-corrected chi connectivity index (χ0v) is 19.6. The lowest BCUT2D eigenvalue weighted by atomic mass is 10.1. The number of halogens is 1. The number of rotatable bonds is 8. The molecule has 1 heterocycles. The Labute approximate surface area is 196 Å². The molecule has 0 radical (unpaired) electrons. The fourth-order valence-electron chi connectivity index (χ4n) is 2.79. The fourth-order valence-corrected chi connectivity index (χ4v) is 3.56. The van der Waals surface area contributed by atoms with E-state index in [4.69, 9.17) is 16.3 Å². The zero-order valence-electron chi connectivity index (χ0n) is 18.0. The molecule has 0 bridgehead atoms. The first kappa shape index (κ1) is 23.5. The molecule has 166 valence electrons. The van der Waals surface area contributed by atoms with E-state index in [1.165, 1.54) is 6.08 Å². The van der Waals surface area contributed by atoms with Gasteiger partial charge in [0.15, 0.2) is 0 Å². The lowest BCUT2D eigenvalue weighted by Crippen LogP contribution is -2.30. The number of aromatic nitrogens is 1. The molecule has 0 aliphatic carbocycles. The van der Waals surface area contributed by atoms with Crippen molar-refractivity contribution in [1.82, 2.24) is 10.3 Å². The third kappa shape index (κ3) is 6.93. The van der Waals surface area contributed by atoms with Crippen LogP contribution >= 0.6 is 22.9 Å². The molecule has 2 amide bonds. The van der Waals surface area contributed by atoms with Gasteiger partial charge in [-0.25, -0.2) is 4.98 Å². The monoisotopic (exact) mass is 469 g/mol. The van der Waals surface area contributed by atoms with Crippen molar-refractivity contribution in [2.24, 2.45) is 0 Å². The maximum Gasteiger partial charge on any atom is 0.251 e. The number of nitrogens with zero attached hydrogens (tertiary/aromatic N) is 1. The van der Waals surface area contributed by atoms with Gasteiger partial charge in [-0.05, 0) is 62.7 Å². The highest BCUT2D eigenvalue weighted by atomic mass is 35.5. The highest BCUT2D eigenvalue weighted by molar-refractivity contribution is 7.09. The Hall–Kier alpha value is -3.16. The summed E-state index contributed by atoms with van der Waals surface area (Å²) < 4.78 is 5.78. The van der Waals surface area contributed by atoms with E-state index in [0.29, 0.717) is 28.6 Å². The van der Waals surface area contributed by atoms with Gasteiger partial charge in [-0.2, -0.15) is 0 Å². The maximum atomic E-state index is 12.4. The number of nitrogens with one attached hydrogen (secondary N) is 2. The molecular formula is C24H24ClN3O3S. The van der Waals surface area contributed by atoms with Crippen molar-refractivity contribution in [1.29, 1.82) is 0 Å². The van der Waals surface area contributed by atoms with Crippen molar-refractivity contribution in [3.05, 3.63) is 80.8 Å². The highest BCUT2D eigenvalue weighted by Crippen LogP contribution is 2.23. The van der Waals surface area contributed by atoms with Crippen molar-refractivity contribution in [2.75, 3.05) is 5.32 Å². The van der Waals surface area contributed by atoms with Crippen molar-refractivity contribution in [3.8, 4) is 5.75 Å². The minimum absolute atomic E-state index is 0.00418. The topological polar surface area (TPSA) is 80.3 Å². The SMILES string of the molecule is Cc1nc(COc2cccc(C=CC(=O)Nc3cc(C(=O)NC(C)C)ccc3Cl)c2)cs1. The molecule has 0 aliphatic rings. The van der Waals surface area contributed by atoms with Crippen LogP contribution in [0.15, 0.2) is 53.9 Å². The summed E-state index contributed by atoms with van der Waals surface area (Å²) >= 11 is 7.77. The second kappa shape index (κ2) is 10.9. The number of thiazole rings is 1. The van der Waals surface area contributed by atoms with E-state index in [1.54, 1.807) is 35.6 Å². The van der Waals surface area contributed by atoms with Gasteiger partial charge in [0.1, 0.15) is 12.4 Å². The summed E-state index contributed by atoms with van der Waals surface area (Å²) in [6, 6.07) is 12.2. The molecule has 0 saturated heterocycles. The Morgan fingerprint density at radius 2 is 2.03 bits per heavy atom. The van der Waals surface area contributed by atoms with Crippen LogP contribution in [-0.2, 0) is 11.4 Å². The Morgan fingerprint density at radius 3 is 2.75 bits per heavy atom. The Balaban J connectivity index is 1.62. The third-order valence-electron chi connectivity index (χ3n) is 4.24. The van der Waals surface area contributed by atoms with Crippen LogP contribution in [0.4, 0.5) is 5.69 Å². The van der Waals surface area contributed by atoms with E-state index in [9.17, 15) is 9.59 Å². The number of aryl methyl sites for hydroxylation is 1. The van der Waals surface area contributed by atoms with Crippen LogP contribution in [0, 0.1) is 6.92 Å². The van der Waals surface area contributed by atoms with Crippen LogP contribution in [0.25, 0.3) is 6.08 Å². The van der Waals surface area contributed by atoms with Crippen molar-refractivity contribution >= 4 is 46.5 Å². The summed E-state index contributed by atoms with van der Waals surface area (Å²) in [6.07, 6.45) is 3.08. The van der Waals surface area contributed by atoms with Crippen LogP contribution in [0.2, 0.25) is 5.02 Å². The van der Waals surface area contributed by atoms with Gasteiger partial charge in [0, 0.05) is 23.1 Å². The number of hydrogen-bond acceptors (Lipinski definition) is 5. The van der Waals surface area contributed by atoms with E-state index in [0.717, 1.165) is 16.3 Å². The van der Waals surface area contributed by atoms with Crippen LogP contribution in [0.3, 0.4) is 0 Å². The molecule has 0 fully saturated rings. The summed E-state index contributed by atoms with van der Waals surface area (Å²) in [5, 5.41) is 8.84. The van der Waals surface area contributed by atoms with Gasteiger partial charge in [0.25, 0.3) is 5.91 Å². The summed E-state index contributed by atoms with van der Waals surface area (Å²) in [4.78, 5) is 29.0. The molecule has 2 aromatic carbocycles. The minimum Gasteiger partial charge on any atom is -0.487 e. The van der Waals surface area contributed by atoms with Crippen LogP contribution in [0.5, 0.6) is 5.75 Å². The molecule has 0 atom stereocenters. The minimum atomic E-state index is -0.363. The summed E-state index contributed by atoms with van der Waals surface area (Å²) in [7, 11) is 0. The lowest BCUT2D eigenvalue weighted by molar-refractivity contribution is -0.111. The van der Waals surface area contributed by atoms with E-state index < -0.39 is 0 Å². The Morgan fingerprint density at radius 1 is 1.22 bits per heavy atom. The number of carbonyl (C=O) groups is 2. The molecule has 32 heavy (non-hydrogen) atoms. The molecular weight excluding hydrogens is 446 g/mol. The van der Waals surface area contributed by atoms with E-state index in [1.807, 2.05) is 50.4 Å². The quantitative estimate of drug-likeness (QED) is 0.428. The predicted molar refractivity (Wildman–Crippen MR) is 129 cm³/mol. The fraction of sp³-hybridized carbons (Fsp3) is 0.208. The molecule has 3 rings (SSSR count). The Kier molecular flexibility index (Phi) is 8.03. The number of hydrogen-bond donors (Lipinski definition) is 2. The average molecular weight is 470 g/mol. The summed E-state index contributed by atoms with van der Waals surface area (Å²) in [6.45, 7) is 6.09. The molecule has 2 N–H and O–H groups in total. The van der Waals surface area contributed by atoms with Crippen molar-refractivity contribution < 1.29 is 14.3 Å². The number of anilines is 1. The first-order chi connectivity index (χ1) is 15.3. The van der Waals surface area contributed by atoms with Crippen molar-refractivity contribution in [2.45, 2.75) is 33.4 Å². The van der Waals surface area contributed by atoms with Gasteiger partial charge >= 0.3 is 0 Å². The number of carbonyl (C=O) groups excluding carboxylic acids is 2. The van der Waals surface area contributed by atoms with E-state index in [2.05, 4.69) is 15.6 Å². The van der Waals surface area contributed by atoms with Crippen LogP contribution in [0.1, 0.15) is 40.5 Å². The van der Waals surface area contributed by atoms with E-state index in [-0.39, 0.29) is 17.9 Å². The molecule has 0 unspecified atom stereocenters. The zero-order chi connectivity index (χ0) is 23.1. The van der Waals surface area contributed by atoms with Gasteiger partial charge in [0.05, 0.1) is 21.4 Å². The normalized spacial score (nSPS) is 11.0. The largest absolute Gasteiger partial charge is 0.487 e. The van der Waals surface area contributed by atoms with Gasteiger partial charge in [-0.3, -0.25) is 9.59 Å². The van der Waals surface area contributed by atoms with Crippen LogP contribution < -0.4 is 15.4 Å². The number of ether oxygens (including phenoxy) is 1. The standard InChI is InChI=1S/C24H24ClN3O3S/c1-15(2)26-24(30)18-8-9-21(25)22(12-18)28-23(29)10-7-17-5-4-6-20(11-17)31-13-19-14-32-16(3)27-19/h4-12,14-15H,13H2,1-3H3,(H,26,30)(H,28,29). The molecule has 8 heteroatoms. The lowest BCUT2D eigenvalue weighted by Gasteiger charge is -2.11. The molecule has 0 saturated carbocycles. The highest BCUT2D eigenvalue weighted by Gasteiger charge is 2.11. The maximum absolute atomic E-state index is 12.4. The van der Waals surface area contributed by atoms with E-state index >= 15 is 0 Å². The average Bonchev–Trinajstić information content (AvgIpc) is 3.17. The second-order valence-electron chi connectivity index (χ2n) is 7.36. The Bertz CT molecular complexity index is 1140. The number of amides is 2. The molecule has 0 aliphatic heterocycles. The number of benzene rings is 2.